The van der Waals surface area contributed by atoms with E-state index in [2.05, 4.69) is 9.98 Å². The number of aryl methyl sites for hydroxylation is 1. The van der Waals surface area contributed by atoms with Crippen molar-refractivity contribution in [3.63, 3.8) is 0 Å². The Bertz CT molecular complexity index is 547. The van der Waals surface area contributed by atoms with Crippen molar-refractivity contribution in [2.45, 2.75) is 6.92 Å². The molecule has 0 aliphatic carbocycles. The zero-order valence-electron chi connectivity index (χ0n) is 9.01. The van der Waals surface area contributed by atoms with E-state index in [4.69, 9.17) is 9.52 Å². The van der Waals surface area contributed by atoms with Gasteiger partial charge >= 0.3 is 5.97 Å². The summed E-state index contributed by atoms with van der Waals surface area (Å²) in [6.07, 6.45) is 1.63. The van der Waals surface area contributed by atoms with Gasteiger partial charge in [-0.25, -0.2) is 9.79 Å². The first-order valence-electron chi connectivity index (χ1n) is 4.91. The molecule has 2 aliphatic rings. The second-order valence-electron chi connectivity index (χ2n) is 3.66. The molecule has 0 atom stereocenters. The van der Waals surface area contributed by atoms with Crippen LogP contribution in [0, 0.1) is 6.92 Å². The van der Waals surface area contributed by atoms with E-state index in [-0.39, 0.29) is 18.0 Å². The molecular weight excluding hydrogens is 246 g/mol. The summed E-state index contributed by atoms with van der Waals surface area (Å²) in [5.41, 5.74) is 0.669. The van der Waals surface area contributed by atoms with Gasteiger partial charge in [-0.2, -0.15) is 0 Å². The van der Waals surface area contributed by atoms with Crippen molar-refractivity contribution in [1.29, 1.82) is 0 Å². The molecule has 0 amide bonds. The molecular formula is C10H10ClN3O3. The molecule has 0 fully saturated rings. The van der Waals surface area contributed by atoms with Crippen molar-refractivity contribution in [3.05, 3.63) is 16.9 Å². The van der Waals surface area contributed by atoms with Crippen LogP contribution in [0.2, 0.25) is 0 Å². The summed E-state index contributed by atoms with van der Waals surface area (Å²) in [5.74, 6) is 0.353. The Kier molecular flexibility index (Phi) is 2.66. The molecule has 1 aromatic heterocycles. The van der Waals surface area contributed by atoms with Crippen LogP contribution in [0.4, 0.5) is 5.88 Å². The Hall–Kier alpha value is -1.82. The molecule has 17 heavy (non-hydrogen) atoms. The van der Waals surface area contributed by atoms with Crippen LogP contribution in [-0.2, 0) is 0 Å². The van der Waals surface area contributed by atoms with Gasteiger partial charge in [0.1, 0.15) is 23.5 Å². The standard InChI is InChI=1S/C10H9N3O3.ClH/c1-5-6(10(14)15)7-8-11-2-3-13(8)4-12-9(7)16-5;/h4H,2-3H2,1H3,(H,14,15);1H. The second-order valence-corrected chi connectivity index (χ2v) is 3.66. The number of hydrogen-bond acceptors (Lipinski definition) is 5. The minimum absolute atomic E-state index is 0. The third-order valence-corrected chi connectivity index (χ3v) is 2.69. The molecule has 90 valence electrons. The molecule has 0 unspecified atom stereocenters. The fraction of sp³-hybridized carbons (Fsp3) is 0.300. The van der Waals surface area contributed by atoms with Gasteiger partial charge in [0, 0.05) is 6.54 Å². The number of amidine groups is 1. The number of carboxylic acids is 1. The van der Waals surface area contributed by atoms with Gasteiger partial charge in [-0.05, 0) is 6.92 Å². The number of rotatable bonds is 1. The number of fused-ring (bicyclic) bond motifs is 3. The summed E-state index contributed by atoms with van der Waals surface area (Å²) in [6, 6.07) is 0. The van der Waals surface area contributed by atoms with Crippen LogP contribution in [0.1, 0.15) is 21.7 Å². The predicted molar refractivity (Wildman–Crippen MR) is 63.9 cm³/mol. The normalized spacial score (nSPS) is 16.1. The van der Waals surface area contributed by atoms with Gasteiger partial charge in [0.2, 0.25) is 5.88 Å². The van der Waals surface area contributed by atoms with Crippen molar-refractivity contribution >= 4 is 36.4 Å². The molecule has 1 N–H and O–H groups in total. The molecule has 2 aliphatic heterocycles. The van der Waals surface area contributed by atoms with Crippen molar-refractivity contribution in [2.24, 2.45) is 9.98 Å². The largest absolute Gasteiger partial charge is 0.478 e. The number of carboxylic acid groups (broad SMARTS) is 1. The van der Waals surface area contributed by atoms with E-state index < -0.39 is 5.97 Å². The summed E-state index contributed by atoms with van der Waals surface area (Å²) >= 11 is 0. The van der Waals surface area contributed by atoms with Gasteiger partial charge in [-0.1, -0.05) is 0 Å². The first-order chi connectivity index (χ1) is 7.68. The van der Waals surface area contributed by atoms with E-state index in [9.17, 15) is 4.79 Å². The van der Waals surface area contributed by atoms with Crippen molar-refractivity contribution in [1.82, 2.24) is 4.90 Å². The SMILES string of the molecule is Cc1oc2c(c1C(=O)O)C1=NCCN1C=N2.Cl. The maximum Gasteiger partial charge on any atom is 0.340 e. The molecule has 0 saturated carbocycles. The molecule has 1 aromatic rings. The van der Waals surface area contributed by atoms with Crippen LogP contribution in [0.15, 0.2) is 14.4 Å². The molecule has 7 heteroatoms. The van der Waals surface area contributed by atoms with Gasteiger partial charge in [-0.3, -0.25) is 4.99 Å². The average molecular weight is 256 g/mol. The monoisotopic (exact) mass is 255 g/mol. The summed E-state index contributed by atoms with van der Waals surface area (Å²) in [7, 11) is 0. The Morgan fingerprint density at radius 2 is 2.35 bits per heavy atom. The summed E-state index contributed by atoms with van der Waals surface area (Å²) in [5, 5.41) is 9.15. The smallest absolute Gasteiger partial charge is 0.340 e. The highest BCUT2D eigenvalue weighted by atomic mass is 35.5. The Labute approximate surface area is 103 Å². The van der Waals surface area contributed by atoms with Crippen molar-refractivity contribution in [2.75, 3.05) is 13.1 Å². The highest BCUT2D eigenvalue weighted by Gasteiger charge is 2.33. The lowest BCUT2D eigenvalue weighted by Crippen LogP contribution is -2.30. The van der Waals surface area contributed by atoms with Crippen LogP contribution in [0.25, 0.3) is 0 Å². The molecule has 0 spiro atoms. The van der Waals surface area contributed by atoms with Gasteiger partial charge in [0.25, 0.3) is 0 Å². The number of aromatic carboxylic acids is 1. The Balaban J connectivity index is 0.00000108. The van der Waals surface area contributed by atoms with E-state index in [0.29, 0.717) is 29.6 Å². The van der Waals surface area contributed by atoms with Gasteiger partial charge in [-0.15, -0.1) is 12.4 Å². The average Bonchev–Trinajstić information content (AvgIpc) is 2.78. The van der Waals surface area contributed by atoms with Gasteiger partial charge in [0.15, 0.2) is 0 Å². The van der Waals surface area contributed by atoms with E-state index >= 15 is 0 Å². The van der Waals surface area contributed by atoms with E-state index in [1.165, 1.54) is 0 Å². The number of halogens is 1. The zero-order chi connectivity index (χ0) is 11.3. The molecule has 3 heterocycles. The van der Waals surface area contributed by atoms with Crippen LogP contribution < -0.4 is 0 Å². The first kappa shape index (κ1) is 11.7. The molecule has 6 nitrogen and oxygen atoms in total. The summed E-state index contributed by atoms with van der Waals surface area (Å²) < 4.78 is 5.32. The first-order valence-corrected chi connectivity index (χ1v) is 4.91. The molecule has 0 bridgehead atoms. The Morgan fingerprint density at radius 1 is 1.59 bits per heavy atom. The minimum Gasteiger partial charge on any atom is -0.478 e. The quantitative estimate of drug-likeness (QED) is 0.824. The molecule has 0 saturated heterocycles. The van der Waals surface area contributed by atoms with Crippen LogP contribution in [0.3, 0.4) is 0 Å². The highest BCUT2D eigenvalue weighted by Crippen LogP contribution is 2.34. The minimum atomic E-state index is -1.01. The van der Waals surface area contributed by atoms with Crippen LogP contribution in [-0.4, -0.2) is 41.2 Å². The van der Waals surface area contributed by atoms with Crippen molar-refractivity contribution < 1.29 is 14.3 Å². The van der Waals surface area contributed by atoms with Crippen molar-refractivity contribution in [3.8, 4) is 0 Å². The topological polar surface area (TPSA) is 78.4 Å². The predicted octanol–water partition coefficient (Wildman–Crippen LogP) is 1.44. The number of nitrogens with zero attached hydrogens (tertiary/aromatic N) is 3. The van der Waals surface area contributed by atoms with Crippen LogP contribution in [0.5, 0.6) is 0 Å². The molecule has 0 radical (unpaired) electrons. The summed E-state index contributed by atoms with van der Waals surface area (Å²) in [6.45, 7) is 3.02. The third-order valence-electron chi connectivity index (χ3n) is 2.69. The third kappa shape index (κ3) is 1.52. The van der Waals surface area contributed by atoms with Gasteiger partial charge < -0.3 is 14.4 Å². The van der Waals surface area contributed by atoms with E-state index in [0.717, 1.165) is 6.54 Å². The fourth-order valence-corrected chi connectivity index (χ4v) is 2.00. The molecule has 3 rings (SSSR count). The maximum absolute atomic E-state index is 11.2. The van der Waals surface area contributed by atoms with E-state index in [1.54, 1.807) is 13.3 Å². The number of hydrogen-bond donors (Lipinski definition) is 1. The molecule has 0 aromatic carbocycles. The summed E-state index contributed by atoms with van der Waals surface area (Å²) in [4.78, 5) is 21.4. The van der Waals surface area contributed by atoms with Gasteiger partial charge in [0.05, 0.1) is 12.1 Å². The number of carbonyl (C=O) groups is 1. The zero-order valence-corrected chi connectivity index (χ0v) is 9.82. The van der Waals surface area contributed by atoms with Crippen LogP contribution >= 0.6 is 12.4 Å². The second kappa shape index (κ2) is 3.89. The Morgan fingerprint density at radius 3 is 3.06 bits per heavy atom. The lowest BCUT2D eigenvalue weighted by Gasteiger charge is -2.17. The number of furan rings is 1. The van der Waals surface area contributed by atoms with E-state index in [1.807, 2.05) is 4.90 Å². The maximum atomic E-state index is 11.2. The number of aliphatic imine (C=N–C) groups is 2. The fourth-order valence-electron chi connectivity index (χ4n) is 2.00. The highest BCUT2D eigenvalue weighted by molar-refractivity contribution is 6.16. The lowest BCUT2D eigenvalue weighted by atomic mass is 10.1. The lowest BCUT2D eigenvalue weighted by molar-refractivity contribution is 0.0695.